The van der Waals surface area contributed by atoms with Gasteiger partial charge in [-0.3, -0.25) is 9.48 Å². The number of nitrogens with zero attached hydrogens (tertiary/aromatic N) is 2. The molecule has 6 nitrogen and oxygen atoms in total. The summed E-state index contributed by atoms with van der Waals surface area (Å²) in [4.78, 5) is 12.4. The number of hydrogen-bond acceptors (Lipinski definition) is 4. The summed E-state index contributed by atoms with van der Waals surface area (Å²) in [5.74, 6) is 1.56. The Morgan fingerprint density at radius 2 is 2.00 bits per heavy atom. The topological polar surface area (TPSA) is 65.4 Å². The smallest absolute Gasteiger partial charge is 0.220 e. The number of carbonyl (C=O) groups excluding carboxylic acids is 1. The van der Waals surface area contributed by atoms with Gasteiger partial charge in [0.2, 0.25) is 5.91 Å². The van der Waals surface area contributed by atoms with Gasteiger partial charge in [0.15, 0.2) is 11.5 Å². The van der Waals surface area contributed by atoms with Gasteiger partial charge in [0.25, 0.3) is 0 Å². The maximum Gasteiger partial charge on any atom is 0.220 e. The Hall–Kier alpha value is -2.50. The number of benzene rings is 1. The van der Waals surface area contributed by atoms with Gasteiger partial charge in [-0.05, 0) is 50.5 Å². The highest BCUT2D eigenvalue weighted by molar-refractivity contribution is 5.76. The summed E-state index contributed by atoms with van der Waals surface area (Å²) in [6.45, 7) is 7.33. The van der Waals surface area contributed by atoms with Gasteiger partial charge in [-0.15, -0.1) is 0 Å². The Morgan fingerprint density at radius 3 is 2.69 bits per heavy atom. The minimum atomic E-state index is -0.0873. The van der Waals surface area contributed by atoms with Crippen LogP contribution in [0, 0.1) is 13.8 Å². The van der Waals surface area contributed by atoms with Gasteiger partial charge in [-0.1, -0.05) is 6.07 Å². The summed E-state index contributed by atoms with van der Waals surface area (Å²) < 4.78 is 13.3. The second kappa shape index (κ2) is 7.81. The molecule has 0 bridgehead atoms. The minimum Gasteiger partial charge on any atom is -0.490 e. The number of rotatable bonds is 5. The van der Waals surface area contributed by atoms with Crippen molar-refractivity contribution in [2.45, 2.75) is 46.1 Å². The molecule has 0 saturated heterocycles. The van der Waals surface area contributed by atoms with E-state index in [2.05, 4.69) is 10.4 Å². The second-order valence-corrected chi connectivity index (χ2v) is 6.82. The number of amides is 1. The molecular formula is C20H27N3O3. The van der Waals surface area contributed by atoms with Gasteiger partial charge in [-0.25, -0.2) is 0 Å². The maximum absolute atomic E-state index is 12.4. The molecule has 1 amide bonds. The van der Waals surface area contributed by atoms with Gasteiger partial charge in [-0.2, -0.15) is 5.10 Å². The van der Waals surface area contributed by atoms with Crippen LogP contribution in [0.2, 0.25) is 0 Å². The number of hydrogen-bond donors (Lipinski definition) is 1. The summed E-state index contributed by atoms with van der Waals surface area (Å²) in [7, 11) is 1.93. The lowest BCUT2D eigenvalue weighted by Crippen LogP contribution is -2.27. The summed E-state index contributed by atoms with van der Waals surface area (Å²) in [5, 5.41) is 7.48. The van der Waals surface area contributed by atoms with Gasteiger partial charge in [0.05, 0.1) is 24.9 Å². The molecule has 0 spiro atoms. The van der Waals surface area contributed by atoms with E-state index in [0.29, 0.717) is 26.1 Å². The predicted octanol–water partition coefficient (Wildman–Crippen LogP) is 3.01. The lowest BCUT2D eigenvalue weighted by Gasteiger charge is -2.16. The van der Waals surface area contributed by atoms with E-state index in [9.17, 15) is 4.79 Å². The highest BCUT2D eigenvalue weighted by Crippen LogP contribution is 2.32. The Bertz CT molecular complexity index is 798. The Morgan fingerprint density at radius 1 is 1.27 bits per heavy atom. The Labute approximate surface area is 154 Å². The standard InChI is InChI=1S/C20H27N3O3/c1-13(16-6-8-18-19(12-16)26-11-5-10-25-18)21-20(24)9-7-17-14(2)22-23(4)15(17)3/h6,8,12-13H,5,7,9-11H2,1-4H3,(H,21,24). The first kappa shape index (κ1) is 18.3. The second-order valence-electron chi connectivity index (χ2n) is 6.82. The van der Waals surface area contributed by atoms with E-state index in [0.717, 1.165) is 40.4 Å². The van der Waals surface area contributed by atoms with Gasteiger partial charge in [0, 0.05) is 25.6 Å². The molecule has 0 fully saturated rings. The monoisotopic (exact) mass is 357 g/mol. The highest BCUT2D eigenvalue weighted by atomic mass is 16.5. The molecule has 1 aromatic carbocycles. The number of carbonyl (C=O) groups is 1. The van der Waals surface area contributed by atoms with Gasteiger partial charge >= 0.3 is 0 Å². The van der Waals surface area contributed by atoms with E-state index >= 15 is 0 Å². The molecule has 1 aliphatic rings. The number of ether oxygens (including phenoxy) is 2. The zero-order valence-electron chi connectivity index (χ0n) is 16.0. The third-order valence-electron chi connectivity index (χ3n) is 4.91. The molecule has 26 heavy (non-hydrogen) atoms. The van der Waals surface area contributed by atoms with Crippen molar-refractivity contribution in [2.24, 2.45) is 7.05 Å². The fourth-order valence-electron chi connectivity index (χ4n) is 3.26. The predicted molar refractivity (Wildman–Crippen MR) is 99.6 cm³/mol. The Balaban J connectivity index is 1.60. The molecule has 1 N–H and O–H groups in total. The van der Waals surface area contributed by atoms with Crippen molar-refractivity contribution in [3.8, 4) is 11.5 Å². The average Bonchev–Trinajstić information content (AvgIpc) is 2.79. The summed E-state index contributed by atoms with van der Waals surface area (Å²) in [6.07, 6.45) is 2.02. The lowest BCUT2D eigenvalue weighted by molar-refractivity contribution is -0.121. The summed E-state index contributed by atoms with van der Waals surface area (Å²) in [6, 6.07) is 5.77. The van der Waals surface area contributed by atoms with Crippen molar-refractivity contribution in [3.63, 3.8) is 0 Å². The molecule has 1 aromatic heterocycles. The van der Waals surface area contributed by atoms with Crippen molar-refractivity contribution >= 4 is 5.91 Å². The molecule has 0 radical (unpaired) electrons. The van der Waals surface area contributed by atoms with Crippen LogP contribution >= 0.6 is 0 Å². The number of aromatic nitrogens is 2. The highest BCUT2D eigenvalue weighted by Gasteiger charge is 2.16. The van der Waals surface area contributed by atoms with Crippen LogP contribution in [0.4, 0.5) is 0 Å². The first-order valence-electron chi connectivity index (χ1n) is 9.13. The quantitative estimate of drug-likeness (QED) is 0.893. The van der Waals surface area contributed by atoms with Crippen LogP contribution in [0.1, 0.15) is 48.3 Å². The third-order valence-corrected chi connectivity index (χ3v) is 4.91. The number of nitrogens with one attached hydrogen (secondary N) is 1. The first-order chi connectivity index (χ1) is 12.5. The van der Waals surface area contributed by atoms with Crippen LogP contribution in [0.15, 0.2) is 18.2 Å². The molecule has 1 unspecified atom stereocenters. The van der Waals surface area contributed by atoms with Crippen LogP contribution in [0.25, 0.3) is 0 Å². The number of aryl methyl sites for hydroxylation is 2. The van der Waals surface area contributed by atoms with E-state index in [1.165, 1.54) is 0 Å². The van der Waals surface area contributed by atoms with Gasteiger partial charge < -0.3 is 14.8 Å². The molecule has 0 saturated carbocycles. The largest absolute Gasteiger partial charge is 0.490 e. The van der Waals surface area contributed by atoms with E-state index in [-0.39, 0.29) is 11.9 Å². The summed E-state index contributed by atoms with van der Waals surface area (Å²) in [5.41, 5.74) is 4.28. The number of fused-ring (bicyclic) bond motifs is 1. The third kappa shape index (κ3) is 4.00. The molecule has 3 rings (SSSR count). The molecule has 140 valence electrons. The van der Waals surface area contributed by atoms with E-state index in [1.807, 2.05) is 50.7 Å². The van der Waals surface area contributed by atoms with Gasteiger partial charge in [0.1, 0.15) is 0 Å². The molecular weight excluding hydrogens is 330 g/mol. The van der Waals surface area contributed by atoms with Crippen LogP contribution in [-0.2, 0) is 18.3 Å². The molecule has 2 aromatic rings. The van der Waals surface area contributed by atoms with Crippen molar-refractivity contribution < 1.29 is 14.3 Å². The zero-order chi connectivity index (χ0) is 18.7. The van der Waals surface area contributed by atoms with Crippen LogP contribution in [0.5, 0.6) is 11.5 Å². The van der Waals surface area contributed by atoms with Crippen LogP contribution in [-0.4, -0.2) is 28.9 Å². The van der Waals surface area contributed by atoms with Crippen LogP contribution in [0.3, 0.4) is 0 Å². The normalized spacial score (nSPS) is 14.6. The fourth-order valence-corrected chi connectivity index (χ4v) is 3.26. The minimum absolute atomic E-state index is 0.0345. The van der Waals surface area contributed by atoms with Crippen molar-refractivity contribution in [1.29, 1.82) is 0 Å². The fraction of sp³-hybridized carbons (Fsp3) is 0.500. The van der Waals surface area contributed by atoms with Crippen molar-refractivity contribution in [3.05, 3.63) is 40.7 Å². The maximum atomic E-state index is 12.4. The van der Waals surface area contributed by atoms with E-state index in [4.69, 9.17) is 9.47 Å². The molecule has 2 heterocycles. The zero-order valence-corrected chi connectivity index (χ0v) is 16.0. The average molecular weight is 357 g/mol. The lowest BCUT2D eigenvalue weighted by atomic mass is 10.1. The molecule has 1 atom stereocenters. The van der Waals surface area contributed by atoms with Crippen molar-refractivity contribution in [1.82, 2.24) is 15.1 Å². The summed E-state index contributed by atoms with van der Waals surface area (Å²) >= 11 is 0. The van der Waals surface area contributed by atoms with E-state index < -0.39 is 0 Å². The van der Waals surface area contributed by atoms with E-state index in [1.54, 1.807) is 0 Å². The first-order valence-corrected chi connectivity index (χ1v) is 9.13. The molecule has 1 aliphatic heterocycles. The SMILES string of the molecule is Cc1nn(C)c(C)c1CCC(=O)NC(C)c1ccc2c(c1)OCCCO2. The Kier molecular flexibility index (Phi) is 5.49. The van der Waals surface area contributed by atoms with Crippen molar-refractivity contribution in [2.75, 3.05) is 13.2 Å². The van der Waals surface area contributed by atoms with Crippen LogP contribution < -0.4 is 14.8 Å². The molecule has 0 aliphatic carbocycles. The molecule has 6 heteroatoms.